The zero-order chi connectivity index (χ0) is 29.4. The molecule has 6 atom stereocenters. The van der Waals surface area contributed by atoms with Crippen molar-refractivity contribution in [2.24, 2.45) is 11.8 Å². The Labute approximate surface area is 241 Å². The molecule has 1 aliphatic carbocycles. The molecule has 5 heteroatoms. The van der Waals surface area contributed by atoms with Gasteiger partial charge in [-0.05, 0) is 89.7 Å². The van der Waals surface area contributed by atoms with Crippen molar-refractivity contribution in [3.8, 4) is 0 Å². The average molecular weight is 552 g/mol. The minimum absolute atomic E-state index is 0.0222. The molecule has 0 spiro atoms. The fourth-order valence-corrected chi connectivity index (χ4v) is 6.96. The molecular formula is C35H50FNO3. The largest absolute Gasteiger partial charge is 0.480 e. The van der Waals surface area contributed by atoms with Crippen LogP contribution in [0.15, 0.2) is 42.5 Å². The van der Waals surface area contributed by atoms with E-state index in [0.717, 1.165) is 37.9 Å². The molecule has 0 radical (unpaired) electrons. The minimum atomic E-state index is -0.724. The van der Waals surface area contributed by atoms with E-state index in [1.807, 2.05) is 12.1 Å². The Bertz CT molecular complexity index is 1160. The lowest BCUT2D eigenvalue weighted by atomic mass is 9.77. The molecular weight excluding hydrogens is 501 g/mol. The Morgan fingerprint density at radius 3 is 2.27 bits per heavy atom. The van der Waals surface area contributed by atoms with Crippen molar-refractivity contribution >= 4 is 5.97 Å². The number of ether oxygens (including phenoxy) is 1. The predicted octanol–water partition coefficient (Wildman–Crippen LogP) is 8.25. The molecule has 220 valence electrons. The number of carboxylic acid groups (broad SMARTS) is 1. The summed E-state index contributed by atoms with van der Waals surface area (Å²) in [6.45, 7) is 19.4. The van der Waals surface area contributed by atoms with Crippen LogP contribution in [-0.4, -0.2) is 41.2 Å². The van der Waals surface area contributed by atoms with Gasteiger partial charge in [-0.3, -0.25) is 9.69 Å². The monoisotopic (exact) mass is 551 g/mol. The second kappa shape index (κ2) is 11.9. The van der Waals surface area contributed by atoms with E-state index < -0.39 is 12.0 Å². The van der Waals surface area contributed by atoms with Crippen molar-refractivity contribution in [3.63, 3.8) is 0 Å². The van der Waals surface area contributed by atoms with Crippen molar-refractivity contribution in [1.82, 2.24) is 4.90 Å². The van der Waals surface area contributed by atoms with Gasteiger partial charge < -0.3 is 9.84 Å². The van der Waals surface area contributed by atoms with E-state index in [9.17, 15) is 14.3 Å². The molecule has 1 saturated carbocycles. The van der Waals surface area contributed by atoms with Gasteiger partial charge in [-0.25, -0.2) is 4.39 Å². The number of hydrogen-bond acceptors (Lipinski definition) is 3. The molecule has 0 bridgehead atoms. The van der Waals surface area contributed by atoms with E-state index in [1.54, 1.807) is 0 Å². The number of rotatable bonds is 7. The van der Waals surface area contributed by atoms with Gasteiger partial charge in [0, 0.05) is 19.0 Å². The molecule has 4 nitrogen and oxygen atoms in total. The molecule has 2 fully saturated rings. The molecule has 1 N–H and O–H groups in total. The Balaban J connectivity index is 1.62. The summed E-state index contributed by atoms with van der Waals surface area (Å²) in [5, 5.41) is 9.93. The third kappa shape index (κ3) is 6.97. The number of carboxylic acids is 1. The third-order valence-electron chi connectivity index (χ3n) is 9.20. The average Bonchev–Trinajstić information content (AvgIpc) is 3.24. The summed E-state index contributed by atoms with van der Waals surface area (Å²) in [7, 11) is 0. The first-order valence-electron chi connectivity index (χ1n) is 15.2. The standard InChI is InChI=1S/C35H50FNO3/c1-22-9-17-30(33(38)39)37(20-22)21-25-12-18-31(32(25)24-10-14-27(36)15-11-24)40-23(2)28-16-13-26(34(3,4)5)19-29(28)35(6,7)8/h10-11,13-16,19,22-23,25,30-32H,9,12,17-18,20-21H2,1-8H3,(H,38,39). The highest BCUT2D eigenvalue weighted by molar-refractivity contribution is 5.73. The lowest BCUT2D eigenvalue weighted by Gasteiger charge is -2.39. The number of likely N-dealkylation sites (tertiary alicyclic amines) is 1. The Morgan fingerprint density at radius 1 is 1.00 bits per heavy atom. The number of halogens is 1. The molecule has 1 heterocycles. The van der Waals surface area contributed by atoms with Gasteiger partial charge in [-0.15, -0.1) is 0 Å². The highest BCUT2D eigenvalue weighted by atomic mass is 19.1. The number of benzene rings is 2. The first-order chi connectivity index (χ1) is 18.6. The summed E-state index contributed by atoms with van der Waals surface area (Å²) >= 11 is 0. The van der Waals surface area contributed by atoms with Gasteiger partial charge in [0.1, 0.15) is 11.9 Å². The predicted molar refractivity (Wildman–Crippen MR) is 160 cm³/mol. The lowest BCUT2D eigenvalue weighted by molar-refractivity contribution is -0.145. The Morgan fingerprint density at radius 2 is 1.68 bits per heavy atom. The van der Waals surface area contributed by atoms with Crippen LogP contribution in [-0.2, 0) is 20.4 Å². The molecule has 2 aromatic rings. The highest BCUT2D eigenvalue weighted by Crippen LogP contribution is 2.45. The first kappa shape index (κ1) is 30.7. The van der Waals surface area contributed by atoms with Crippen molar-refractivity contribution < 1.29 is 19.0 Å². The molecule has 6 unspecified atom stereocenters. The van der Waals surface area contributed by atoms with Gasteiger partial charge in [-0.2, -0.15) is 0 Å². The van der Waals surface area contributed by atoms with Gasteiger partial charge in [0.2, 0.25) is 0 Å². The summed E-state index contributed by atoms with van der Waals surface area (Å²) < 4.78 is 20.9. The minimum Gasteiger partial charge on any atom is -0.480 e. The van der Waals surface area contributed by atoms with E-state index in [4.69, 9.17) is 4.74 Å². The van der Waals surface area contributed by atoms with Gasteiger partial charge in [0.25, 0.3) is 0 Å². The Kier molecular flexibility index (Phi) is 9.16. The SMILES string of the molecule is CC1CCC(C(=O)O)N(CC2CCC(OC(C)c3ccc(C(C)(C)C)cc3C(C)(C)C)C2c2ccc(F)cc2)C1. The van der Waals surface area contributed by atoms with Crippen molar-refractivity contribution in [1.29, 1.82) is 0 Å². The van der Waals surface area contributed by atoms with E-state index in [0.29, 0.717) is 12.3 Å². The van der Waals surface area contributed by atoms with Crippen LogP contribution in [0.5, 0.6) is 0 Å². The molecule has 1 saturated heterocycles. The first-order valence-corrected chi connectivity index (χ1v) is 15.2. The number of carbonyl (C=O) groups is 1. The van der Waals surface area contributed by atoms with Crippen molar-refractivity contribution in [2.45, 2.75) is 116 Å². The van der Waals surface area contributed by atoms with Crippen LogP contribution in [0.1, 0.15) is 115 Å². The zero-order valence-corrected chi connectivity index (χ0v) is 25.8. The third-order valence-corrected chi connectivity index (χ3v) is 9.20. The van der Waals surface area contributed by atoms with Crippen molar-refractivity contribution in [2.75, 3.05) is 13.1 Å². The van der Waals surface area contributed by atoms with Crippen LogP contribution in [0, 0.1) is 17.7 Å². The number of aliphatic carboxylic acids is 1. The lowest BCUT2D eigenvalue weighted by Crippen LogP contribution is -2.49. The molecule has 2 aliphatic rings. The van der Waals surface area contributed by atoms with E-state index in [2.05, 4.69) is 78.5 Å². The number of hydrogen-bond donors (Lipinski definition) is 1. The van der Waals surface area contributed by atoms with Gasteiger partial charge in [-0.1, -0.05) is 78.8 Å². The molecule has 0 aromatic heterocycles. The van der Waals surface area contributed by atoms with E-state index >= 15 is 0 Å². The van der Waals surface area contributed by atoms with Crippen LogP contribution < -0.4 is 0 Å². The van der Waals surface area contributed by atoms with Crippen LogP contribution in [0.2, 0.25) is 0 Å². The van der Waals surface area contributed by atoms with Gasteiger partial charge in [0.05, 0.1) is 12.2 Å². The van der Waals surface area contributed by atoms with E-state index in [1.165, 1.54) is 28.8 Å². The maximum absolute atomic E-state index is 13.9. The van der Waals surface area contributed by atoms with E-state index in [-0.39, 0.29) is 40.7 Å². The Hall–Kier alpha value is -2.24. The van der Waals surface area contributed by atoms with Gasteiger partial charge in [0.15, 0.2) is 0 Å². The molecule has 4 rings (SSSR count). The fraction of sp³-hybridized carbons (Fsp3) is 0.629. The van der Waals surface area contributed by atoms with Crippen LogP contribution in [0.4, 0.5) is 4.39 Å². The van der Waals surface area contributed by atoms with Crippen LogP contribution in [0.3, 0.4) is 0 Å². The summed E-state index contributed by atoms with van der Waals surface area (Å²) in [5.41, 5.74) is 4.97. The zero-order valence-electron chi connectivity index (χ0n) is 25.8. The number of nitrogens with zero attached hydrogens (tertiary/aromatic N) is 1. The second-order valence-corrected chi connectivity index (χ2v) is 14.5. The fourth-order valence-electron chi connectivity index (χ4n) is 6.96. The second-order valence-electron chi connectivity index (χ2n) is 14.5. The van der Waals surface area contributed by atoms with Gasteiger partial charge >= 0.3 is 5.97 Å². The molecule has 0 amide bonds. The normalized spacial score (nSPS) is 27.1. The molecule has 2 aromatic carbocycles. The smallest absolute Gasteiger partial charge is 0.320 e. The maximum atomic E-state index is 13.9. The topological polar surface area (TPSA) is 49.8 Å². The summed E-state index contributed by atoms with van der Waals surface area (Å²) in [5.74, 6) is -0.145. The van der Waals surface area contributed by atoms with Crippen molar-refractivity contribution in [3.05, 3.63) is 70.5 Å². The number of piperidine rings is 1. The molecule has 1 aliphatic heterocycles. The highest BCUT2D eigenvalue weighted by Gasteiger charge is 2.42. The summed E-state index contributed by atoms with van der Waals surface area (Å²) in [4.78, 5) is 14.3. The molecule has 40 heavy (non-hydrogen) atoms. The quantitative estimate of drug-likeness (QED) is 0.376. The summed E-state index contributed by atoms with van der Waals surface area (Å²) in [6.07, 6.45) is 3.39. The van der Waals surface area contributed by atoms with Crippen LogP contribution in [0.25, 0.3) is 0 Å². The van der Waals surface area contributed by atoms with Crippen LogP contribution >= 0.6 is 0 Å². The summed E-state index contributed by atoms with van der Waals surface area (Å²) in [6, 6.07) is 13.3. The maximum Gasteiger partial charge on any atom is 0.320 e.